The lowest BCUT2D eigenvalue weighted by molar-refractivity contribution is -0.119. The molecule has 1 aliphatic rings. The minimum atomic E-state index is 0.0922. The van der Waals surface area contributed by atoms with Crippen molar-refractivity contribution in [3.05, 3.63) is 0 Å². The van der Waals surface area contributed by atoms with Crippen LogP contribution in [-0.4, -0.2) is 50.1 Å². The van der Waals surface area contributed by atoms with Crippen LogP contribution in [-0.2, 0) is 4.79 Å². The number of nitrogens with zero attached hydrogens (tertiary/aromatic N) is 1. The van der Waals surface area contributed by atoms with Crippen LogP contribution in [0.3, 0.4) is 0 Å². The summed E-state index contributed by atoms with van der Waals surface area (Å²) >= 11 is 0. The quantitative estimate of drug-likeness (QED) is 0.647. The Morgan fingerprint density at radius 2 is 2.06 bits per heavy atom. The number of likely N-dealkylation sites (N-methyl/N-ethyl adjacent to an activating group) is 1. The number of rotatable bonds is 6. The van der Waals surface area contributed by atoms with Crippen LogP contribution >= 0.6 is 0 Å². The summed E-state index contributed by atoms with van der Waals surface area (Å²) < 4.78 is 0. The molecule has 4 nitrogen and oxygen atoms in total. The largest absolute Gasteiger partial charge is 0.356 e. The lowest BCUT2D eigenvalue weighted by Crippen LogP contribution is -2.40. The van der Waals surface area contributed by atoms with Crippen molar-refractivity contribution in [1.29, 1.82) is 0 Å². The fourth-order valence-electron chi connectivity index (χ4n) is 2.12. The smallest absolute Gasteiger partial charge is 0.216 e. The van der Waals surface area contributed by atoms with Crippen LogP contribution in [0, 0.1) is 5.92 Å². The van der Waals surface area contributed by atoms with Gasteiger partial charge in [-0.05, 0) is 38.4 Å². The third-order valence-electron chi connectivity index (χ3n) is 3.20. The van der Waals surface area contributed by atoms with Gasteiger partial charge in [0.1, 0.15) is 0 Å². The Hall–Kier alpha value is -0.610. The molecule has 0 aromatic carbocycles. The van der Waals surface area contributed by atoms with Crippen molar-refractivity contribution < 1.29 is 4.79 Å². The first kappa shape index (κ1) is 13.5. The predicted octanol–water partition coefficient (Wildman–Crippen LogP) is 0.444. The fraction of sp³-hybridized carbons (Fsp3) is 0.917. The lowest BCUT2D eigenvalue weighted by Gasteiger charge is -2.31. The Labute approximate surface area is 98.8 Å². The van der Waals surface area contributed by atoms with Gasteiger partial charge in [-0.2, -0.15) is 0 Å². The van der Waals surface area contributed by atoms with Gasteiger partial charge in [-0.15, -0.1) is 0 Å². The topological polar surface area (TPSA) is 44.4 Å². The van der Waals surface area contributed by atoms with Gasteiger partial charge in [-0.25, -0.2) is 0 Å². The molecule has 1 rings (SSSR count). The zero-order valence-electron chi connectivity index (χ0n) is 10.6. The van der Waals surface area contributed by atoms with Gasteiger partial charge in [0.05, 0.1) is 0 Å². The lowest BCUT2D eigenvalue weighted by atomic mass is 9.97. The second-order valence-electron chi connectivity index (χ2n) is 4.58. The first-order valence-electron chi connectivity index (χ1n) is 6.40. The van der Waals surface area contributed by atoms with Crippen LogP contribution in [0.4, 0.5) is 0 Å². The molecule has 0 spiro atoms. The molecule has 0 bridgehead atoms. The second kappa shape index (κ2) is 7.63. The number of likely N-dealkylation sites (tertiary alicyclic amines) is 1. The number of piperidine rings is 1. The molecule has 0 aromatic heterocycles. The van der Waals surface area contributed by atoms with E-state index < -0.39 is 0 Å². The minimum absolute atomic E-state index is 0.0922. The molecule has 0 atom stereocenters. The maximum atomic E-state index is 10.8. The van der Waals surface area contributed by atoms with Crippen molar-refractivity contribution in [3.63, 3.8) is 0 Å². The first-order chi connectivity index (χ1) is 7.72. The Morgan fingerprint density at radius 1 is 1.38 bits per heavy atom. The molecule has 1 heterocycles. The molecule has 0 unspecified atom stereocenters. The van der Waals surface area contributed by atoms with Crippen molar-refractivity contribution in [2.45, 2.75) is 26.7 Å². The zero-order chi connectivity index (χ0) is 11.8. The van der Waals surface area contributed by atoms with E-state index in [2.05, 4.69) is 22.5 Å². The van der Waals surface area contributed by atoms with Gasteiger partial charge < -0.3 is 15.5 Å². The molecule has 16 heavy (non-hydrogen) atoms. The Morgan fingerprint density at radius 3 is 2.62 bits per heavy atom. The number of carbonyl (C=O) groups excluding carboxylic acids is 1. The highest BCUT2D eigenvalue weighted by molar-refractivity contribution is 5.72. The summed E-state index contributed by atoms with van der Waals surface area (Å²) in [4.78, 5) is 13.3. The summed E-state index contributed by atoms with van der Waals surface area (Å²) in [6, 6.07) is 0. The zero-order valence-corrected chi connectivity index (χ0v) is 10.6. The second-order valence-corrected chi connectivity index (χ2v) is 4.58. The summed E-state index contributed by atoms with van der Waals surface area (Å²) in [5, 5.41) is 6.26. The monoisotopic (exact) mass is 227 g/mol. The van der Waals surface area contributed by atoms with E-state index >= 15 is 0 Å². The van der Waals surface area contributed by atoms with E-state index in [9.17, 15) is 4.79 Å². The normalized spacial score (nSPS) is 18.6. The number of hydrogen-bond acceptors (Lipinski definition) is 3. The first-order valence-corrected chi connectivity index (χ1v) is 6.40. The Bertz CT molecular complexity index is 200. The molecule has 4 heteroatoms. The van der Waals surface area contributed by atoms with Crippen molar-refractivity contribution in [2.24, 2.45) is 5.92 Å². The third-order valence-corrected chi connectivity index (χ3v) is 3.20. The highest BCUT2D eigenvalue weighted by Gasteiger charge is 2.18. The molecule has 94 valence electrons. The SMILES string of the molecule is CCNCCN1CCC(CNC(C)=O)CC1. The molecule has 0 radical (unpaired) electrons. The number of nitrogens with one attached hydrogen (secondary N) is 2. The van der Waals surface area contributed by atoms with Crippen molar-refractivity contribution in [2.75, 3.05) is 39.3 Å². The van der Waals surface area contributed by atoms with E-state index in [1.165, 1.54) is 25.9 Å². The minimum Gasteiger partial charge on any atom is -0.356 e. The summed E-state index contributed by atoms with van der Waals surface area (Å²) in [6.07, 6.45) is 2.43. The van der Waals surface area contributed by atoms with Crippen LogP contribution in [0.1, 0.15) is 26.7 Å². The van der Waals surface area contributed by atoms with Gasteiger partial charge in [-0.3, -0.25) is 4.79 Å². The summed E-state index contributed by atoms with van der Waals surface area (Å²) in [5.74, 6) is 0.772. The number of amides is 1. The van der Waals surface area contributed by atoms with E-state index in [4.69, 9.17) is 0 Å². The summed E-state index contributed by atoms with van der Waals surface area (Å²) in [7, 11) is 0. The Kier molecular flexibility index (Phi) is 6.42. The number of hydrogen-bond donors (Lipinski definition) is 2. The molecule has 1 fully saturated rings. The molecule has 0 saturated carbocycles. The predicted molar refractivity (Wildman–Crippen MR) is 66.4 cm³/mol. The summed E-state index contributed by atoms with van der Waals surface area (Å²) in [6.45, 7) is 10.2. The van der Waals surface area contributed by atoms with E-state index in [1.54, 1.807) is 6.92 Å². The molecule has 2 N–H and O–H groups in total. The van der Waals surface area contributed by atoms with Crippen LogP contribution in [0.5, 0.6) is 0 Å². The van der Waals surface area contributed by atoms with Gasteiger partial charge in [0, 0.05) is 26.6 Å². The highest BCUT2D eigenvalue weighted by Crippen LogP contribution is 2.15. The van der Waals surface area contributed by atoms with Gasteiger partial charge in [0.15, 0.2) is 0 Å². The van der Waals surface area contributed by atoms with Gasteiger partial charge >= 0.3 is 0 Å². The molecule has 0 aliphatic carbocycles. The average molecular weight is 227 g/mol. The van der Waals surface area contributed by atoms with Crippen molar-refractivity contribution in [3.8, 4) is 0 Å². The Balaban J connectivity index is 2.06. The molecule has 1 aliphatic heterocycles. The van der Waals surface area contributed by atoms with E-state index in [-0.39, 0.29) is 5.91 Å². The van der Waals surface area contributed by atoms with Crippen molar-refractivity contribution >= 4 is 5.91 Å². The third kappa shape index (κ3) is 5.47. The van der Waals surface area contributed by atoms with Crippen LogP contribution in [0.25, 0.3) is 0 Å². The van der Waals surface area contributed by atoms with E-state index in [1.807, 2.05) is 0 Å². The fourth-order valence-corrected chi connectivity index (χ4v) is 2.12. The van der Waals surface area contributed by atoms with E-state index in [0.717, 1.165) is 26.2 Å². The van der Waals surface area contributed by atoms with Crippen LogP contribution in [0.15, 0.2) is 0 Å². The molecule has 1 saturated heterocycles. The van der Waals surface area contributed by atoms with Gasteiger partial charge in [-0.1, -0.05) is 6.92 Å². The molecule has 1 amide bonds. The van der Waals surface area contributed by atoms with Gasteiger partial charge in [0.25, 0.3) is 0 Å². The molecule has 0 aromatic rings. The summed E-state index contributed by atoms with van der Waals surface area (Å²) in [5.41, 5.74) is 0. The maximum Gasteiger partial charge on any atom is 0.216 e. The maximum absolute atomic E-state index is 10.8. The highest BCUT2D eigenvalue weighted by atomic mass is 16.1. The molecular formula is C12H25N3O. The standard InChI is InChI=1S/C12H25N3O/c1-3-13-6-9-15-7-4-12(5-8-15)10-14-11(2)16/h12-13H,3-10H2,1-2H3,(H,14,16). The number of carbonyl (C=O) groups is 1. The molecular weight excluding hydrogens is 202 g/mol. The van der Waals surface area contributed by atoms with Gasteiger partial charge in [0.2, 0.25) is 5.91 Å². The average Bonchev–Trinajstić information content (AvgIpc) is 2.28. The van der Waals surface area contributed by atoms with Crippen LogP contribution in [0.2, 0.25) is 0 Å². The van der Waals surface area contributed by atoms with E-state index in [0.29, 0.717) is 5.92 Å². The van der Waals surface area contributed by atoms with Crippen molar-refractivity contribution in [1.82, 2.24) is 15.5 Å². The van der Waals surface area contributed by atoms with Crippen LogP contribution < -0.4 is 10.6 Å².